The molecule has 0 aliphatic rings. The van der Waals surface area contributed by atoms with Crippen molar-refractivity contribution >= 4 is 5.69 Å². The van der Waals surface area contributed by atoms with Crippen LogP contribution >= 0.6 is 0 Å². The minimum absolute atomic E-state index is 0.753. The number of hydrogen-bond donors (Lipinski definition) is 1. The second-order valence-corrected chi connectivity index (χ2v) is 5.58. The zero-order valence-corrected chi connectivity index (χ0v) is 14.2. The number of ether oxygens (including phenoxy) is 2. The molecule has 3 heteroatoms. The molecule has 2 aromatic carbocycles. The number of hydrogen-bond acceptors (Lipinski definition) is 3. The van der Waals surface area contributed by atoms with Gasteiger partial charge in [0.25, 0.3) is 0 Å². The Balaban J connectivity index is 1.83. The van der Waals surface area contributed by atoms with E-state index in [0.717, 1.165) is 56.2 Å². The Kier molecular flexibility index (Phi) is 7.31. The summed E-state index contributed by atoms with van der Waals surface area (Å²) in [7, 11) is 0. The second kappa shape index (κ2) is 9.78. The molecule has 0 aliphatic carbocycles. The van der Waals surface area contributed by atoms with Gasteiger partial charge in [-0.1, -0.05) is 38.5 Å². The van der Waals surface area contributed by atoms with Gasteiger partial charge in [0.2, 0.25) is 0 Å². The summed E-state index contributed by atoms with van der Waals surface area (Å²) >= 11 is 0. The fourth-order valence-corrected chi connectivity index (χ4v) is 2.16. The van der Waals surface area contributed by atoms with Crippen molar-refractivity contribution in [1.29, 1.82) is 0 Å². The minimum atomic E-state index is 0.753. The van der Waals surface area contributed by atoms with Gasteiger partial charge in [0.15, 0.2) is 0 Å². The average Bonchev–Trinajstić information content (AvgIpc) is 2.60. The summed E-state index contributed by atoms with van der Waals surface area (Å²) in [5.41, 5.74) is 2.30. The molecule has 124 valence electrons. The largest absolute Gasteiger partial charge is 0.494 e. The first kappa shape index (κ1) is 17.2. The Morgan fingerprint density at radius 3 is 2.35 bits per heavy atom. The van der Waals surface area contributed by atoms with E-state index in [2.05, 4.69) is 37.4 Å². The standard InChI is InChI=1S/C20H27NO2/c1-3-5-14-23-19-11-9-17(10-12-19)16-21-18-7-6-8-20(15-18)22-13-4-2/h6-12,15,21H,3-5,13-14,16H2,1-2H3. The molecule has 2 rings (SSSR count). The molecule has 3 nitrogen and oxygen atoms in total. The molecule has 2 aromatic rings. The molecule has 0 saturated heterocycles. The molecule has 23 heavy (non-hydrogen) atoms. The highest BCUT2D eigenvalue weighted by Gasteiger charge is 1.99. The van der Waals surface area contributed by atoms with Crippen LogP contribution in [0, 0.1) is 0 Å². The van der Waals surface area contributed by atoms with E-state index in [0.29, 0.717) is 0 Å². The molecule has 0 radical (unpaired) electrons. The summed E-state index contributed by atoms with van der Waals surface area (Å²) in [6.07, 6.45) is 3.27. The Bertz CT molecular complexity index is 566. The van der Waals surface area contributed by atoms with Gasteiger partial charge in [0, 0.05) is 18.3 Å². The summed E-state index contributed by atoms with van der Waals surface area (Å²) in [5, 5.41) is 3.43. The number of benzene rings is 2. The van der Waals surface area contributed by atoms with Crippen LogP contribution in [0.15, 0.2) is 48.5 Å². The van der Waals surface area contributed by atoms with Gasteiger partial charge in [-0.3, -0.25) is 0 Å². The molecular formula is C20H27NO2. The van der Waals surface area contributed by atoms with Gasteiger partial charge in [0.05, 0.1) is 13.2 Å². The molecule has 0 bridgehead atoms. The van der Waals surface area contributed by atoms with Crippen molar-refractivity contribution in [2.75, 3.05) is 18.5 Å². The predicted molar refractivity (Wildman–Crippen MR) is 96.4 cm³/mol. The van der Waals surface area contributed by atoms with Crippen LogP contribution in [0.5, 0.6) is 11.5 Å². The maximum absolute atomic E-state index is 5.68. The smallest absolute Gasteiger partial charge is 0.121 e. The topological polar surface area (TPSA) is 30.5 Å². The van der Waals surface area contributed by atoms with Crippen molar-refractivity contribution in [3.05, 3.63) is 54.1 Å². The molecule has 0 heterocycles. The summed E-state index contributed by atoms with van der Waals surface area (Å²) in [6, 6.07) is 16.4. The van der Waals surface area contributed by atoms with Crippen LogP contribution in [0.3, 0.4) is 0 Å². The van der Waals surface area contributed by atoms with Crippen molar-refractivity contribution in [3.63, 3.8) is 0 Å². The lowest BCUT2D eigenvalue weighted by Gasteiger charge is -2.10. The molecule has 0 amide bonds. The van der Waals surface area contributed by atoms with Gasteiger partial charge < -0.3 is 14.8 Å². The quantitative estimate of drug-likeness (QED) is 0.606. The van der Waals surface area contributed by atoms with Crippen LogP contribution in [-0.2, 0) is 6.54 Å². The number of rotatable bonds is 10. The Labute approximate surface area is 139 Å². The Morgan fingerprint density at radius 1 is 0.826 bits per heavy atom. The maximum atomic E-state index is 5.68. The van der Waals surface area contributed by atoms with E-state index in [1.165, 1.54) is 5.56 Å². The Morgan fingerprint density at radius 2 is 1.61 bits per heavy atom. The van der Waals surface area contributed by atoms with Gasteiger partial charge >= 0.3 is 0 Å². The van der Waals surface area contributed by atoms with Gasteiger partial charge in [-0.05, 0) is 42.7 Å². The third-order valence-corrected chi connectivity index (χ3v) is 3.49. The van der Waals surface area contributed by atoms with Crippen molar-refractivity contribution in [3.8, 4) is 11.5 Å². The zero-order valence-electron chi connectivity index (χ0n) is 14.2. The normalized spacial score (nSPS) is 10.3. The summed E-state index contributed by atoms with van der Waals surface area (Å²) in [4.78, 5) is 0. The maximum Gasteiger partial charge on any atom is 0.121 e. The first-order chi connectivity index (χ1) is 11.3. The van der Waals surface area contributed by atoms with E-state index >= 15 is 0 Å². The van der Waals surface area contributed by atoms with Gasteiger partial charge in [0.1, 0.15) is 11.5 Å². The fourth-order valence-electron chi connectivity index (χ4n) is 2.16. The fraction of sp³-hybridized carbons (Fsp3) is 0.400. The molecule has 0 spiro atoms. The van der Waals surface area contributed by atoms with Gasteiger partial charge in [-0.15, -0.1) is 0 Å². The number of anilines is 1. The molecule has 0 unspecified atom stereocenters. The van der Waals surface area contributed by atoms with Crippen LogP contribution in [0.25, 0.3) is 0 Å². The average molecular weight is 313 g/mol. The lowest BCUT2D eigenvalue weighted by atomic mass is 10.2. The van der Waals surface area contributed by atoms with E-state index in [1.54, 1.807) is 0 Å². The van der Waals surface area contributed by atoms with Crippen LogP contribution in [-0.4, -0.2) is 13.2 Å². The third-order valence-electron chi connectivity index (χ3n) is 3.49. The molecule has 0 aromatic heterocycles. The van der Waals surface area contributed by atoms with Crippen LogP contribution in [0.1, 0.15) is 38.7 Å². The zero-order chi connectivity index (χ0) is 16.3. The molecule has 0 saturated carbocycles. The lowest BCUT2D eigenvalue weighted by molar-refractivity contribution is 0.309. The molecule has 1 N–H and O–H groups in total. The summed E-state index contributed by atoms with van der Waals surface area (Å²) in [6.45, 7) is 6.60. The third kappa shape index (κ3) is 6.23. The van der Waals surface area contributed by atoms with Crippen LogP contribution < -0.4 is 14.8 Å². The SMILES string of the molecule is CCCCOc1ccc(CNc2cccc(OCCC)c2)cc1. The first-order valence-corrected chi connectivity index (χ1v) is 8.50. The van der Waals surface area contributed by atoms with Crippen molar-refractivity contribution in [2.45, 2.75) is 39.7 Å². The molecular weight excluding hydrogens is 286 g/mol. The van der Waals surface area contributed by atoms with E-state index in [4.69, 9.17) is 9.47 Å². The molecule has 0 aliphatic heterocycles. The van der Waals surface area contributed by atoms with Crippen LogP contribution in [0.2, 0.25) is 0 Å². The van der Waals surface area contributed by atoms with Gasteiger partial charge in [-0.2, -0.15) is 0 Å². The lowest BCUT2D eigenvalue weighted by Crippen LogP contribution is -2.01. The van der Waals surface area contributed by atoms with Crippen molar-refractivity contribution in [1.82, 2.24) is 0 Å². The highest BCUT2D eigenvalue weighted by Crippen LogP contribution is 2.19. The molecule has 0 atom stereocenters. The number of unbranched alkanes of at least 4 members (excludes halogenated alkanes) is 1. The van der Waals surface area contributed by atoms with E-state index < -0.39 is 0 Å². The van der Waals surface area contributed by atoms with Gasteiger partial charge in [-0.25, -0.2) is 0 Å². The summed E-state index contributed by atoms with van der Waals surface area (Å²) in [5.74, 6) is 1.86. The highest BCUT2D eigenvalue weighted by atomic mass is 16.5. The van der Waals surface area contributed by atoms with Crippen molar-refractivity contribution in [2.24, 2.45) is 0 Å². The number of nitrogens with one attached hydrogen (secondary N) is 1. The van der Waals surface area contributed by atoms with E-state index in [-0.39, 0.29) is 0 Å². The monoisotopic (exact) mass is 313 g/mol. The molecule has 0 fully saturated rings. The highest BCUT2D eigenvalue weighted by molar-refractivity contribution is 5.48. The van der Waals surface area contributed by atoms with Crippen molar-refractivity contribution < 1.29 is 9.47 Å². The Hall–Kier alpha value is -2.16. The first-order valence-electron chi connectivity index (χ1n) is 8.50. The summed E-state index contributed by atoms with van der Waals surface area (Å²) < 4.78 is 11.3. The minimum Gasteiger partial charge on any atom is -0.494 e. The van der Waals surface area contributed by atoms with Crippen LogP contribution in [0.4, 0.5) is 5.69 Å². The predicted octanol–water partition coefficient (Wildman–Crippen LogP) is 5.27. The van der Waals surface area contributed by atoms with E-state index in [1.807, 2.05) is 30.3 Å². The van der Waals surface area contributed by atoms with E-state index in [9.17, 15) is 0 Å². The second-order valence-electron chi connectivity index (χ2n) is 5.58.